The number of aliphatic hydroxyl groups is 1. The number of piperidine rings is 1. The molecular weight excluding hydrogens is 250 g/mol. The van der Waals surface area contributed by atoms with Gasteiger partial charge >= 0.3 is 0 Å². The van der Waals surface area contributed by atoms with Crippen LogP contribution in [0.5, 0.6) is 5.75 Å². The average Bonchev–Trinajstić information content (AvgIpc) is 2.41. The zero-order chi connectivity index (χ0) is 14.8. The van der Waals surface area contributed by atoms with E-state index >= 15 is 0 Å². The van der Waals surface area contributed by atoms with E-state index in [0.29, 0.717) is 6.54 Å². The summed E-state index contributed by atoms with van der Waals surface area (Å²) in [5, 5.41) is 10.8. The fourth-order valence-electron chi connectivity index (χ4n) is 2.96. The Labute approximate surface area is 122 Å². The second kappa shape index (κ2) is 6.15. The van der Waals surface area contributed by atoms with Gasteiger partial charge in [0.1, 0.15) is 5.75 Å². The molecule has 1 aliphatic rings. The lowest BCUT2D eigenvalue weighted by Crippen LogP contribution is -2.42. The van der Waals surface area contributed by atoms with Crippen LogP contribution in [0, 0.1) is 12.8 Å². The minimum absolute atomic E-state index is 0.700. The van der Waals surface area contributed by atoms with Gasteiger partial charge in [0.2, 0.25) is 0 Å². The van der Waals surface area contributed by atoms with Gasteiger partial charge in [-0.1, -0.05) is 13.0 Å². The van der Waals surface area contributed by atoms with E-state index in [9.17, 15) is 5.11 Å². The Morgan fingerprint density at radius 2 is 2.00 bits per heavy atom. The first kappa shape index (κ1) is 15.3. The molecule has 0 amide bonds. The highest BCUT2D eigenvalue weighted by atomic mass is 16.5. The molecule has 0 radical (unpaired) electrons. The zero-order valence-electron chi connectivity index (χ0n) is 13.1. The van der Waals surface area contributed by atoms with Gasteiger partial charge in [-0.15, -0.1) is 0 Å². The molecule has 0 spiro atoms. The van der Waals surface area contributed by atoms with Crippen LogP contribution in [-0.4, -0.2) is 36.8 Å². The van der Waals surface area contributed by atoms with E-state index in [1.165, 1.54) is 12.8 Å². The molecule has 0 aromatic heterocycles. The Morgan fingerprint density at radius 3 is 2.55 bits per heavy atom. The molecule has 2 rings (SSSR count). The fraction of sp³-hybridized carbons (Fsp3) is 0.647. The fourth-order valence-corrected chi connectivity index (χ4v) is 2.96. The zero-order valence-corrected chi connectivity index (χ0v) is 13.1. The number of nitrogens with zero attached hydrogens (tertiary/aromatic N) is 1. The third-order valence-corrected chi connectivity index (χ3v) is 4.42. The van der Waals surface area contributed by atoms with Crippen LogP contribution in [0.3, 0.4) is 0 Å². The normalized spacial score (nSPS) is 20.6. The smallest absolute Gasteiger partial charge is 0.121 e. The standard InChI is InChI=1S/C17H27NO2/c1-13-7-9-18(10-8-13)12-17(3,19)15-5-6-16(20-4)14(2)11-15/h5-6,11,13,19H,7-10,12H2,1-4H3. The van der Waals surface area contributed by atoms with Crippen molar-refractivity contribution in [2.24, 2.45) is 5.92 Å². The monoisotopic (exact) mass is 277 g/mol. The van der Waals surface area contributed by atoms with Crippen LogP contribution in [0.15, 0.2) is 18.2 Å². The molecule has 1 aromatic rings. The van der Waals surface area contributed by atoms with E-state index in [2.05, 4.69) is 11.8 Å². The Bertz CT molecular complexity index is 448. The van der Waals surface area contributed by atoms with E-state index in [-0.39, 0.29) is 0 Å². The van der Waals surface area contributed by atoms with E-state index < -0.39 is 5.60 Å². The summed E-state index contributed by atoms with van der Waals surface area (Å²) in [6.45, 7) is 9.11. The van der Waals surface area contributed by atoms with Crippen molar-refractivity contribution in [1.82, 2.24) is 4.90 Å². The first-order valence-electron chi connectivity index (χ1n) is 7.52. The van der Waals surface area contributed by atoms with Gasteiger partial charge in [-0.25, -0.2) is 0 Å². The molecule has 0 saturated carbocycles. The van der Waals surface area contributed by atoms with Gasteiger partial charge < -0.3 is 14.7 Å². The summed E-state index contributed by atoms with van der Waals surface area (Å²) >= 11 is 0. The summed E-state index contributed by atoms with van der Waals surface area (Å²) in [5.74, 6) is 1.69. The van der Waals surface area contributed by atoms with Gasteiger partial charge in [-0.3, -0.25) is 0 Å². The molecular formula is C17H27NO2. The van der Waals surface area contributed by atoms with Crippen molar-refractivity contribution in [2.75, 3.05) is 26.7 Å². The highest BCUT2D eigenvalue weighted by molar-refractivity contribution is 5.38. The number of rotatable bonds is 4. The first-order valence-corrected chi connectivity index (χ1v) is 7.52. The third-order valence-electron chi connectivity index (χ3n) is 4.42. The largest absolute Gasteiger partial charge is 0.496 e. The van der Waals surface area contributed by atoms with Gasteiger partial charge in [0.25, 0.3) is 0 Å². The Morgan fingerprint density at radius 1 is 1.35 bits per heavy atom. The molecule has 3 heteroatoms. The lowest BCUT2D eigenvalue weighted by atomic mass is 9.92. The second-order valence-corrected chi connectivity index (χ2v) is 6.42. The van der Waals surface area contributed by atoms with Gasteiger partial charge in [-0.2, -0.15) is 0 Å². The molecule has 1 unspecified atom stereocenters. The van der Waals surface area contributed by atoms with Crippen LogP contribution in [0.1, 0.15) is 37.8 Å². The molecule has 112 valence electrons. The van der Waals surface area contributed by atoms with Gasteiger partial charge in [-0.05, 0) is 69.0 Å². The van der Waals surface area contributed by atoms with Crippen molar-refractivity contribution in [3.8, 4) is 5.75 Å². The van der Waals surface area contributed by atoms with E-state index in [4.69, 9.17) is 4.74 Å². The topological polar surface area (TPSA) is 32.7 Å². The maximum atomic E-state index is 10.8. The highest BCUT2D eigenvalue weighted by Gasteiger charge is 2.28. The number of ether oxygens (including phenoxy) is 1. The number of benzene rings is 1. The van der Waals surface area contributed by atoms with Crippen LogP contribution in [0.4, 0.5) is 0 Å². The molecule has 1 atom stereocenters. The summed E-state index contributed by atoms with van der Waals surface area (Å²) < 4.78 is 5.28. The quantitative estimate of drug-likeness (QED) is 0.918. The lowest BCUT2D eigenvalue weighted by Gasteiger charge is -2.36. The van der Waals surface area contributed by atoms with Gasteiger partial charge in [0.15, 0.2) is 0 Å². The summed E-state index contributed by atoms with van der Waals surface area (Å²) in [5.41, 5.74) is 1.23. The second-order valence-electron chi connectivity index (χ2n) is 6.42. The average molecular weight is 277 g/mol. The minimum Gasteiger partial charge on any atom is -0.496 e. The molecule has 1 heterocycles. The predicted octanol–water partition coefficient (Wildman–Crippen LogP) is 2.94. The molecule has 1 fully saturated rings. The van der Waals surface area contributed by atoms with Crippen molar-refractivity contribution in [2.45, 2.75) is 39.2 Å². The summed E-state index contributed by atoms with van der Waals surface area (Å²) in [4.78, 5) is 2.37. The SMILES string of the molecule is COc1ccc(C(C)(O)CN2CCC(C)CC2)cc1C. The maximum absolute atomic E-state index is 10.8. The first-order chi connectivity index (χ1) is 9.42. The van der Waals surface area contributed by atoms with Crippen LogP contribution in [0.25, 0.3) is 0 Å². The number of hydrogen-bond donors (Lipinski definition) is 1. The highest BCUT2D eigenvalue weighted by Crippen LogP contribution is 2.28. The summed E-state index contributed by atoms with van der Waals surface area (Å²) in [6.07, 6.45) is 2.47. The lowest BCUT2D eigenvalue weighted by molar-refractivity contribution is 0.00649. The van der Waals surface area contributed by atoms with Crippen molar-refractivity contribution in [3.05, 3.63) is 29.3 Å². The Kier molecular flexibility index (Phi) is 4.71. The van der Waals surface area contributed by atoms with E-state index in [1.807, 2.05) is 32.0 Å². The number of hydrogen-bond acceptors (Lipinski definition) is 3. The Hall–Kier alpha value is -1.06. The summed E-state index contributed by atoms with van der Waals surface area (Å²) in [6, 6.07) is 5.95. The molecule has 3 nitrogen and oxygen atoms in total. The van der Waals surface area contributed by atoms with Crippen LogP contribution in [-0.2, 0) is 5.60 Å². The van der Waals surface area contributed by atoms with Crippen molar-refractivity contribution in [3.63, 3.8) is 0 Å². The van der Waals surface area contributed by atoms with Crippen molar-refractivity contribution >= 4 is 0 Å². The summed E-state index contributed by atoms with van der Waals surface area (Å²) in [7, 11) is 1.68. The van der Waals surface area contributed by atoms with Gasteiger partial charge in [0, 0.05) is 6.54 Å². The molecule has 1 N–H and O–H groups in total. The van der Waals surface area contributed by atoms with Crippen molar-refractivity contribution < 1.29 is 9.84 Å². The van der Waals surface area contributed by atoms with E-state index in [0.717, 1.165) is 35.9 Å². The van der Waals surface area contributed by atoms with E-state index in [1.54, 1.807) is 7.11 Å². The predicted molar refractivity (Wildman–Crippen MR) is 82.1 cm³/mol. The number of β-amino-alcohol motifs (C(OH)–C–C–N with tert-alkyl or cyclic N) is 1. The molecule has 0 bridgehead atoms. The van der Waals surface area contributed by atoms with Crippen LogP contribution >= 0.6 is 0 Å². The van der Waals surface area contributed by atoms with Crippen molar-refractivity contribution in [1.29, 1.82) is 0 Å². The maximum Gasteiger partial charge on any atom is 0.121 e. The molecule has 1 aromatic carbocycles. The number of aryl methyl sites for hydroxylation is 1. The number of methoxy groups -OCH3 is 1. The molecule has 20 heavy (non-hydrogen) atoms. The molecule has 1 aliphatic heterocycles. The Balaban J connectivity index is 2.07. The van der Waals surface area contributed by atoms with Crippen LogP contribution < -0.4 is 4.74 Å². The number of likely N-dealkylation sites (tertiary alicyclic amines) is 1. The third kappa shape index (κ3) is 3.53. The van der Waals surface area contributed by atoms with Crippen LogP contribution in [0.2, 0.25) is 0 Å². The van der Waals surface area contributed by atoms with Gasteiger partial charge in [0.05, 0.1) is 12.7 Å². The minimum atomic E-state index is -0.808. The molecule has 0 aliphatic carbocycles. The molecule has 1 saturated heterocycles.